The molecule has 3 rings (SSSR count). The predicted molar refractivity (Wildman–Crippen MR) is 99.4 cm³/mol. The van der Waals surface area contributed by atoms with Crippen LogP contribution in [0.3, 0.4) is 0 Å². The molecule has 4 heteroatoms. The Bertz CT molecular complexity index is 719. The summed E-state index contributed by atoms with van der Waals surface area (Å²) in [6.45, 7) is 1.46. The van der Waals surface area contributed by atoms with Crippen molar-refractivity contribution in [2.45, 2.75) is 38.6 Å². The Morgan fingerprint density at radius 3 is 2.20 bits per heavy atom. The highest BCUT2D eigenvalue weighted by atomic mass is 16.2. The van der Waals surface area contributed by atoms with Crippen LogP contribution in [0.5, 0.6) is 0 Å². The summed E-state index contributed by atoms with van der Waals surface area (Å²) in [7, 11) is 0. The number of carbonyl (C=O) groups excluding carboxylic acids is 2. The minimum atomic E-state index is -0.123. The molecule has 0 bridgehead atoms. The van der Waals surface area contributed by atoms with E-state index in [0.717, 1.165) is 18.4 Å². The fourth-order valence-corrected chi connectivity index (χ4v) is 3.56. The third kappa shape index (κ3) is 4.47. The molecule has 1 fully saturated rings. The fourth-order valence-electron chi connectivity index (χ4n) is 3.56. The van der Waals surface area contributed by atoms with E-state index >= 15 is 0 Å². The standard InChI is InChI=1S/C21H24N2O2/c1-15(24)22-19-13-11-18(12-14-19)21(25)23-20(17-9-5-6-10-17)16-7-3-2-4-8-16/h2-4,7-8,11-14,17,20H,5-6,9-10H2,1H3,(H,22,24)(H,23,25). The molecule has 4 nitrogen and oxygen atoms in total. The van der Waals surface area contributed by atoms with Gasteiger partial charge in [-0.3, -0.25) is 9.59 Å². The van der Waals surface area contributed by atoms with Crippen LogP contribution < -0.4 is 10.6 Å². The summed E-state index contributed by atoms with van der Waals surface area (Å²) in [5.41, 5.74) is 2.46. The van der Waals surface area contributed by atoms with E-state index in [2.05, 4.69) is 22.8 Å². The minimum Gasteiger partial charge on any atom is -0.345 e. The summed E-state index contributed by atoms with van der Waals surface area (Å²) < 4.78 is 0. The van der Waals surface area contributed by atoms with Gasteiger partial charge in [0, 0.05) is 18.2 Å². The highest BCUT2D eigenvalue weighted by Crippen LogP contribution is 2.35. The highest BCUT2D eigenvalue weighted by Gasteiger charge is 2.27. The summed E-state index contributed by atoms with van der Waals surface area (Å²) in [4.78, 5) is 23.8. The van der Waals surface area contributed by atoms with Crippen molar-refractivity contribution in [3.63, 3.8) is 0 Å². The predicted octanol–water partition coefficient (Wildman–Crippen LogP) is 4.31. The molecule has 0 heterocycles. The first-order valence-corrected chi connectivity index (χ1v) is 8.87. The summed E-state index contributed by atoms with van der Waals surface area (Å²) in [5, 5.41) is 5.94. The first kappa shape index (κ1) is 17.2. The zero-order valence-corrected chi connectivity index (χ0v) is 14.5. The Labute approximate surface area is 148 Å². The van der Waals surface area contributed by atoms with Crippen molar-refractivity contribution in [2.24, 2.45) is 5.92 Å². The third-order valence-corrected chi connectivity index (χ3v) is 4.78. The van der Waals surface area contributed by atoms with Gasteiger partial charge in [0.25, 0.3) is 5.91 Å². The maximum Gasteiger partial charge on any atom is 0.251 e. The van der Waals surface area contributed by atoms with Crippen LogP contribution in [0.1, 0.15) is 54.6 Å². The van der Waals surface area contributed by atoms with Gasteiger partial charge < -0.3 is 10.6 Å². The van der Waals surface area contributed by atoms with Gasteiger partial charge >= 0.3 is 0 Å². The van der Waals surface area contributed by atoms with E-state index in [1.54, 1.807) is 24.3 Å². The molecule has 2 aromatic carbocycles. The molecule has 0 aromatic heterocycles. The monoisotopic (exact) mass is 336 g/mol. The molecule has 2 amide bonds. The molecule has 1 atom stereocenters. The van der Waals surface area contributed by atoms with Crippen LogP contribution in [-0.4, -0.2) is 11.8 Å². The molecule has 1 aliphatic rings. The van der Waals surface area contributed by atoms with Crippen LogP contribution >= 0.6 is 0 Å². The number of nitrogens with one attached hydrogen (secondary N) is 2. The smallest absolute Gasteiger partial charge is 0.251 e. The lowest BCUT2D eigenvalue weighted by atomic mass is 9.91. The number of hydrogen-bond acceptors (Lipinski definition) is 2. The third-order valence-electron chi connectivity index (χ3n) is 4.78. The quantitative estimate of drug-likeness (QED) is 0.855. The topological polar surface area (TPSA) is 58.2 Å². The fraction of sp³-hybridized carbons (Fsp3) is 0.333. The lowest BCUT2D eigenvalue weighted by Gasteiger charge is -2.25. The molecular formula is C21H24N2O2. The van der Waals surface area contributed by atoms with Gasteiger partial charge in [-0.05, 0) is 48.6 Å². The molecular weight excluding hydrogens is 312 g/mol. The second kappa shape index (κ2) is 7.97. The Balaban J connectivity index is 1.74. The van der Waals surface area contributed by atoms with Crippen LogP contribution in [0.25, 0.3) is 0 Å². The van der Waals surface area contributed by atoms with Crippen LogP contribution in [0.15, 0.2) is 54.6 Å². The number of carbonyl (C=O) groups is 2. The lowest BCUT2D eigenvalue weighted by Crippen LogP contribution is -2.32. The first-order chi connectivity index (χ1) is 12.1. The molecule has 25 heavy (non-hydrogen) atoms. The van der Waals surface area contributed by atoms with Crippen molar-refractivity contribution in [2.75, 3.05) is 5.32 Å². The Morgan fingerprint density at radius 2 is 1.60 bits per heavy atom. The van der Waals surface area contributed by atoms with E-state index in [1.165, 1.54) is 19.8 Å². The second-order valence-corrected chi connectivity index (χ2v) is 6.66. The van der Waals surface area contributed by atoms with Crippen LogP contribution in [0, 0.1) is 5.92 Å². The molecule has 2 aromatic rings. The largest absolute Gasteiger partial charge is 0.345 e. The van der Waals surface area contributed by atoms with Gasteiger partial charge in [-0.1, -0.05) is 43.2 Å². The summed E-state index contributed by atoms with van der Waals surface area (Å²) >= 11 is 0. The van der Waals surface area contributed by atoms with E-state index in [9.17, 15) is 9.59 Å². The van der Waals surface area contributed by atoms with Gasteiger partial charge in [0.05, 0.1) is 6.04 Å². The number of anilines is 1. The van der Waals surface area contributed by atoms with Gasteiger partial charge in [0.15, 0.2) is 0 Å². The van der Waals surface area contributed by atoms with E-state index in [-0.39, 0.29) is 17.9 Å². The zero-order valence-electron chi connectivity index (χ0n) is 14.5. The Hall–Kier alpha value is -2.62. The summed E-state index contributed by atoms with van der Waals surface area (Å²) in [6.07, 6.45) is 4.77. The second-order valence-electron chi connectivity index (χ2n) is 6.66. The average Bonchev–Trinajstić information content (AvgIpc) is 3.14. The zero-order chi connectivity index (χ0) is 17.6. The number of amides is 2. The maximum atomic E-state index is 12.7. The van der Waals surface area contributed by atoms with Crippen molar-refractivity contribution >= 4 is 17.5 Å². The molecule has 1 unspecified atom stereocenters. The van der Waals surface area contributed by atoms with Gasteiger partial charge in [-0.25, -0.2) is 0 Å². The van der Waals surface area contributed by atoms with E-state index in [4.69, 9.17) is 0 Å². The van der Waals surface area contributed by atoms with E-state index < -0.39 is 0 Å². The van der Waals surface area contributed by atoms with Crippen LogP contribution in [0.2, 0.25) is 0 Å². The molecule has 1 saturated carbocycles. The maximum absolute atomic E-state index is 12.7. The van der Waals surface area contributed by atoms with Crippen molar-refractivity contribution in [3.8, 4) is 0 Å². The lowest BCUT2D eigenvalue weighted by molar-refractivity contribution is -0.114. The van der Waals surface area contributed by atoms with Crippen molar-refractivity contribution in [1.29, 1.82) is 0 Å². The van der Waals surface area contributed by atoms with Gasteiger partial charge in [-0.15, -0.1) is 0 Å². The van der Waals surface area contributed by atoms with Crippen LogP contribution in [-0.2, 0) is 4.79 Å². The molecule has 0 spiro atoms. The van der Waals surface area contributed by atoms with Crippen molar-refractivity contribution in [1.82, 2.24) is 5.32 Å². The summed E-state index contributed by atoms with van der Waals surface area (Å²) in [6, 6.07) is 17.3. The number of benzene rings is 2. The number of hydrogen-bond donors (Lipinski definition) is 2. The van der Waals surface area contributed by atoms with Gasteiger partial charge in [-0.2, -0.15) is 0 Å². The number of rotatable bonds is 5. The van der Waals surface area contributed by atoms with E-state index in [1.807, 2.05) is 18.2 Å². The Morgan fingerprint density at radius 1 is 0.960 bits per heavy atom. The molecule has 0 saturated heterocycles. The highest BCUT2D eigenvalue weighted by molar-refractivity contribution is 5.95. The molecule has 2 N–H and O–H groups in total. The van der Waals surface area contributed by atoms with E-state index in [0.29, 0.717) is 17.2 Å². The van der Waals surface area contributed by atoms with Crippen LogP contribution in [0.4, 0.5) is 5.69 Å². The van der Waals surface area contributed by atoms with Gasteiger partial charge in [0.2, 0.25) is 5.91 Å². The average molecular weight is 336 g/mol. The molecule has 130 valence electrons. The summed E-state index contributed by atoms with van der Waals surface area (Å²) in [5.74, 6) is 0.294. The van der Waals surface area contributed by atoms with Gasteiger partial charge in [0.1, 0.15) is 0 Å². The van der Waals surface area contributed by atoms with Crippen molar-refractivity contribution < 1.29 is 9.59 Å². The normalized spacial score (nSPS) is 15.6. The van der Waals surface area contributed by atoms with Crippen molar-refractivity contribution in [3.05, 3.63) is 65.7 Å². The Kier molecular flexibility index (Phi) is 5.49. The SMILES string of the molecule is CC(=O)Nc1ccc(C(=O)NC(c2ccccc2)C2CCCC2)cc1. The molecule has 0 aliphatic heterocycles. The first-order valence-electron chi connectivity index (χ1n) is 8.87. The molecule has 1 aliphatic carbocycles. The molecule has 0 radical (unpaired) electrons. The minimum absolute atomic E-state index is 0.0474.